The maximum atomic E-state index is 13.9. The second-order valence-corrected chi connectivity index (χ2v) is 11.2. The second kappa shape index (κ2) is 6.25. The van der Waals surface area contributed by atoms with Gasteiger partial charge < -0.3 is 14.7 Å². The van der Waals surface area contributed by atoms with Crippen molar-refractivity contribution >= 4 is 16.8 Å². The molecule has 2 aromatic rings. The van der Waals surface area contributed by atoms with Crippen molar-refractivity contribution in [1.29, 1.82) is 0 Å². The lowest BCUT2D eigenvalue weighted by Gasteiger charge is -2.63. The number of nitrogens with zero attached hydrogens (tertiary/aromatic N) is 3. The second-order valence-electron chi connectivity index (χ2n) is 11.2. The Morgan fingerprint density at radius 1 is 1.23 bits per heavy atom. The third-order valence-corrected chi connectivity index (χ3v) is 8.52. The Balaban J connectivity index is 1.40. The largest absolute Gasteiger partial charge is 0.496 e. The summed E-state index contributed by atoms with van der Waals surface area (Å²) in [5.41, 5.74) is 2.77. The van der Waals surface area contributed by atoms with Crippen LogP contribution in [0.3, 0.4) is 0 Å². The average molecular weight is 424 g/mol. The van der Waals surface area contributed by atoms with Crippen molar-refractivity contribution in [2.45, 2.75) is 88.3 Å². The number of hydrogen-bond donors (Lipinski definition) is 1. The molecule has 2 saturated heterocycles. The SMILES string of the molecule is COc1ccc2c(c(C(C)C(=O)N3C4CC5(C)CC3CC(O)(C4)C5)nn2C)c1C1CC1. The number of benzene rings is 1. The van der Waals surface area contributed by atoms with Crippen LogP contribution in [0.25, 0.3) is 10.9 Å². The first-order valence-corrected chi connectivity index (χ1v) is 11.8. The minimum atomic E-state index is -0.579. The zero-order valence-electron chi connectivity index (χ0n) is 19.0. The van der Waals surface area contributed by atoms with E-state index in [9.17, 15) is 9.90 Å². The Morgan fingerprint density at radius 2 is 1.90 bits per heavy atom. The van der Waals surface area contributed by atoms with Crippen LogP contribution in [0, 0.1) is 5.41 Å². The molecule has 4 bridgehead atoms. The number of aliphatic hydroxyl groups is 1. The maximum Gasteiger partial charge on any atom is 0.232 e. The highest BCUT2D eigenvalue weighted by molar-refractivity contribution is 5.94. The van der Waals surface area contributed by atoms with Gasteiger partial charge in [-0.05, 0) is 75.3 Å². The Hall–Kier alpha value is -2.08. The molecule has 3 heterocycles. The van der Waals surface area contributed by atoms with Gasteiger partial charge in [-0.2, -0.15) is 5.10 Å². The topological polar surface area (TPSA) is 67.6 Å². The van der Waals surface area contributed by atoms with E-state index in [1.54, 1.807) is 7.11 Å². The Kier molecular flexibility index (Phi) is 3.95. The molecule has 7 rings (SSSR count). The Labute approximate surface area is 183 Å². The van der Waals surface area contributed by atoms with Gasteiger partial charge in [0.25, 0.3) is 0 Å². The first kappa shape index (κ1) is 19.6. The average Bonchev–Trinajstić information content (AvgIpc) is 3.47. The van der Waals surface area contributed by atoms with Gasteiger partial charge in [-0.3, -0.25) is 9.48 Å². The van der Waals surface area contributed by atoms with E-state index in [2.05, 4.69) is 17.9 Å². The molecule has 0 radical (unpaired) electrons. The normalized spacial score (nSPS) is 35.1. The van der Waals surface area contributed by atoms with Gasteiger partial charge in [0.1, 0.15) is 5.75 Å². The van der Waals surface area contributed by atoms with Gasteiger partial charge in [-0.25, -0.2) is 0 Å². The van der Waals surface area contributed by atoms with Gasteiger partial charge in [0, 0.05) is 30.1 Å². The van der Waals surface area contributed by atoms with Crippen LogP contribution in [-0.2, 0) is 11.8 Å². The molecular formula is C25H33N3O3. The molecule has 3 aliphatic carbocycles. The molecular weight excluding hydrogens is 390 g/mol. The minimum Gasteiger partial charge on any atom is -0.496 e. The van der Waals surface area contributed by atoms with Crippen molar-refractivity contribution < 1.29 is 14.6 Å². The van der Waals surface area contributed by atoms with Crippen LogP contribution in [0.5, 0.6) is 5.75 Å². The summed E-state index contributed by atoms with van der Waals surface area (Å²) in [4.78, 5) is 16.0. The molecule has 0 spiro atoms. The molecule has 2 aliphatic heterocycles. The highest BCUT2D eigenvalue weighted by Gasteiger charge is 2.59. The van der Waals surface area contributed by atoms with E-state index in [1.807, 2.05) is 24.7 Å². The fraction of sp³-hybridized carbons (Fsp3) is 0.680. The Bertz CT molecular complexity index is 1050. The van der Waals surface area contributed by atoms with Crippen molar-refractivity contribution in [3.8, 4) is 5.75 Å². The maximum absolute atomic E-state index is 13.9. The van der Waals surface area contributed by atoms with Crippen molar-refractivity contribution in [2.24, 2.45) is 12.5 Å². The summed E-state index contributed by atoms with van der Waals surface area (Å²) in [6, 6.07) is 4.40. The predicted octanol–water partition coefficient (Wildman–Crippen LogP) is 3.86. The summed E-state index contributed by atoms with van der Waals surface area (Å²) in [5, 5.41) is 17.0. The number of hydrogen-bond acceptors (Lipinski definition) is 4. The van der Waals surface area contributed by atoms with Crippen LogP contribution in [0.15, 0.2) is 12.1 Å². The van der Waals surface area contributed by atoms with E-state index in [0.717, 1.165) is 54.5 Å². The fourth-order valence-corrected chi connectivity index (χ4v) is 7.45. The summed E-state index contributed by atoms with van der Waals surface area (Å²) in [6.07, 6.45) is 6.69. The molecule has 1 aromatic carbocycles. The van der Waals surface area contributed by atoms with Crippen LogP contribution < -0.4 is 4.74 Å². The zero-order chi connectivity index (χ0) is 21.7. The van der Waals surface area contributed by atoms with Crippen molar-refractivity contribution in [3.05, 3.63) is 23.4 Å². The van der Waals surface area contributed by atoms with Crippen LogP contribution in [0.1, 0.15) is 81.9 Å². The minimum absolute atomic E-state index is 0.151. The number of aryl methyl sites for hydroxylation is 1. The van der Waals surface area contributed by atoms with E-state index in [-0.39, 0.29) is 29.3 Å². The smallest absolute Gasteiger partial charge is 0.232 e. The molecule has 1 amide bonds. The van der Waals surface area contributed by atoms with Gasteiger partial charge in [0.05, 0.1) is 29.8 Å². The summed E-state index contributed by atoms with van der Waals surface area (Å²) in [6.45, 7) is 4.31. The number of carbonyl (C=O) groups excluding carboxylic acids is 1. The lowest BCUT2D eigenvalue weighted by Crippen LogP contribution is -2.68. The van der Waals surface area contributed by atoms with Crippen LogP contribution in [0.4, 0.5) is 0 Å². The summed E-state index contributed by atoms with van der Waals surface area (Å²) < 4.78 is 7.63. The number of piperidine rings is 2. The lowest BCUT2D eigenvalue weighted by molar-refractivity contribution is -0.193. The third kappa shape index (κ3) is 2.80. The fourth-order valence-electron chi connectivity index (χ4n) is 7.45. The number of amides is 1. The van der Waals surface area contributed by atoms with E-state index in [0.29, 0.717) is 5.92 Å². The molecule has 31 heavy (non-hydrogen) atoms. The number of methoxy groups -OCH3 is 1. The standard InChI is InChI=1S/C25H33N3O3/c1-14(23(29)28-16-9-24(2)10-17(28)12-25(30,11-16)13-24)22-21-18(27(3)26-22)7-8-19(31-4)20(21)15-5-6-15/h7-8,14-17,30H,5-6,9-13H2,1-4H3. The number of fused-ring (bicyclic) bond motifs is 1. The van der Waals surface area contributed by atoms with E-state index >= 15 is 0 Å². The summed E-state index contributed by atoms with van der Waals surface area (Å²) in [7, 11) is 3.69. The molecule has 6 heteroatoms. The van der Waals surface area contributed by atoms with E-state index in [1.165, 1.54) is 18.4 Å². The molecule has 1 aromatic heterocycles. The molecule has 3 atom stereocenters. The third-order valence-electron chi connectivity index (χ3n) is 8.52. The van der Waals surface area contributed by atoms with Crippen molar-refractivity contribution in [1.82, 2.24) is 14.7 Å². The van der Waals surface area contributed by atoms with Crippen LogP contribution in [-0.4, -0.2) is 50.5 Å². The molecule has 5 fully saturated rings. The van der Waals surface area contributed by atoms with Gasteiger partial charge >= 0.3 is 0 Å². The van der Waals surface area contributed by atoms with Gasteiger partial charge in [0.2, 0.25) is 5.91 Å². The van der Waals surface area contributed by atoms with Gasteiger partial charge in [-0.1, -0.05) is 6.92 Å². The molecule has 3 saturated carbocycles. The number of ether oxygens (including phenoxy) is 1. The monoisotopic (exact) mass is 423 g/mol. The van der Waals surface area contributed by atoms with Crippen LogP contribution >= 0.6 is 0 Å². The molecule has 3 unspecified atom stereocenters. The molecule has 1 N–H and O–H groups in total. The first-order chi connectivity index (χ1) is 14.7. The number of aromatic nitrogens is 2. The summed E-state index contributed by atoms with van der Waals surface area (Å²) >= 11 is 0. The summed E-state index contributed by atoms with van der Waals surface area (Å²) in [5.74, 6) is 1.27. The quantitative estimate of drug-likeness (QED) is 0.811. The lowest BCUT2D eigenvalue weighted by atomic mass is 9.54. The van der Waals surface area contributed by atoms with Crippen LogP contribution in [0.2, 0.25) is 0 Å². The Morgan fingerprint density at radius 3 is 2.48 bits per heavy atom. The van der Waals surface area contributed by atoms with Crippen molar-refractivity contribution in [3.63, 3.8) is 0 Å². The highest BCUT2D eigenvalue weighted by atomic mass is 16.5. The predicted molar refractivity (Wildman–Crippen MR) is 118 cm³/mol. The van der Waals surface area contributed by atoms with E-state index < -0.39 is 5.60 Å². The van der Waals surface area contributed by atoms with Crippen molar-refractivity contribution in [2.75, 3.05) is 7.11 Å². The molecule has 166 valence electrons. The number of rotatable bonds is 4. The highest BCUT2D eigenvalue weighted by Crippen LogP contribution is 2.58. The molecule has 6 nitrogen and oxygen atoms in total. The first-order valence-electron chi connectivity index (χ1n) is 11.8. The number of carbonyl (C=O) groups is 1. The van der Waals surface area contributed by atoms with Gasteiger partial charge in [-0.15, -0.1) is 0 Å². The van der Waals surface area contributed by atoms with Gasteiger partial charge in [0.15, 0.2) is 0 Å². The molecule has 5 aliphatic rings. The van der Waals surface area contributed by atoms with E-state index in [4.69, 9.17) is 9.84 Å². The zero-order valence-corrected chi connectivity index (χ0v) is 19.0.